The molecule has 2 aromatic rings. The van der Waals surface area contributed by atoms with Gasteiger partial charge >= 0.3 is 0 Å². The Kier molecular flexibility index (Phi) is 5.12. The molecule has 6 heteroatoms. The number of nitro benzene ring substituents is 1. The van der Waals surface area contributed by atoms with Crippen LogP contribution in [0.2, 0.25) is 5.02 Å². The fourth-order valence-corrected chi connectivity index (χ4v) is 2.29. The lowest BCUT2D eigenvalue weighted by atomic mass is 10.1. The van der Waals surface area contributed by atoms with Crippen LogP contribution in [0.4, 0.5) is 5.69 Å². The van der Waals surface area contributed by atoms with Crippen LogP contribution >= 0.6 is 11.6 Å². The molecule has 0 aliphatic rings. The maximum absolute atomic E-state index is 11.9. The number of nitrogens with zero attached hydrogens (tertiary/aromatic N) is 2. The predicted octanol–water partition coefficient (Wildman–Crippen LogP) is 3.29. The molecule has 0 atom stereocenters. The summed E-state index contributed by atoms with van der Waals surface area (Å²) in [5.74, 6) is -0.672. The zero-order valence-corrected chi connectivity index (χ0v) is 12.7. The topological polar surface area (TPSA) is 78.6 Å². The highest BCUT2D eigenvalue weighted by Crippen LogP contribution is 2.29. The Labute approximate surface area is 133 Å². The zero-order valence-electron chi connectivity index (χ0n) is 12.0. The van der Waals surface area contributed by atoms with E-state index < -0.39 is 16.4 Å². The van der Waals surface area contributed by atoms with Crippen molar-refractivity contribution in [3.05, 3.63) is 68.2 Å². The maximum atomic E-state index is 11.9. The van der Waals surface area contributed by atoms with Crippen molar-refractivity contribution >= 4 is 23.5 Å². The van der Waals surface area contributed by atoms with E-state index >= 15 is 0 Å². The summed E-state index contributed by atoms with van der Waals surface area (Å²) in [5, 5.41) is 22.8. The van der Waals surface area contributed by atoms with Crippen molar-refractivity contribution in [3.63, 3.8) is 0 Å². The van der Waals surface area contributed by atoms with Crippen molar-refractivity contribution in [2.24, 2.45) is 4.99 Å². The largest absolute Gasteiger partial charge is 0.867 e. The summed E-state index contributed by atoms with van der Waals surface area (Å²) >= 11 is 5.79. The van der Waals surface area contributed by atoms with Crippen LogP contribution in [-0.4, -0.2) is 17.7 Å². The Morgan fingerprint density at radius 2 is 2.05 bits per heavy atom. The van der Waals surface area contributed by atoms with Gasteiger partial charge in [0.2, 0.25) is 0 Å². The normalized spacial score (nSPS) is 11.0. The highest BCUT2D eigenvalue weighted by atomic mass is 35.5. The van der Waals surface area contributed by atoms with Gasteiger partial charge in [0, 0.05) is 23.8 Å². The molecule has 0 saturated carbocycles. The minimum absolute atomic E-state index is 0.129. The number of rotatable bonds is 5. The van der Waals surface area contributed by atoms with Crippen LogP contribution in [-0.2, 0) is 6.42 Å². The van der Waals surface area contributed by atoms with Crippen molar-refractivity contribution in [2.75, 3.05) is 6.54 Å². The van der Waals surface area contributed by atoms with Gasteiger partial charge in [0.15, 0.2) is 0 Å². The molecule has 22 heavy (non-hydrogen) atoms. The van der Waals surface area contributed by atoms with Gasteiger partial charge < -0.3 is 5.11 Å². The van der Waals surface area contributed by atoms with Crippen LogP contribution in [0.15, 0.2) is 41.4 Å². The highest BCUT2D eigenvalue weighted by Gasteiger charge is 2.11. The van der Waals surface area contributed by atoms with Crippen molar-refractivity contribution in [1.29, 1.82) is 0 Å². The Morgan fingerprint density at radius 3 is 2.73 bits per heavy atom. The Bertz CT molecular complexity index is 729. The molecule has 2 aromatic carbocycles. The molecule has 0 fully saturated rings. The molecule has 0 amide bonds. The smallest absolute Gasteiger partial charge is 0.263 e. The van der Waals surface area contributed by atoms with E-state index in [1.54, 1.807) is 0 Å². The van der Waals surface area contributed by atoms with E-state index in [0.29, 0.717) is 6.54 Å². The van der Waals surface area contributed by atoms with Gasteiger partial charge in [-0.2, -0.15) is 0 Å². The molecule has 114 valence electrons. The van der Waals surface area contributed by atoms with Gasteiger partial charge in [0.1, 0.15) is 0 Å². The van der Waals surface area contributed by atoms with Gasteiger partial charge in [-0.25, -0.2) is 0 Å². The first kappa shape index (κ1) is 16.0. The summed E-state index contributed by atoms with van der Waals surface area (Å²) in [5.41, 5.74) is 1.96. The second-order valence-corrected chi connectivity index (χ2v) is 5.25. The van der Waals surface area contributed by atoms with Crippen molar-refractivity contribution < 1.29 is 10.0 Å². The van der Waals surface area contributed by atoms with Gasteiger partial charge in [-0.15, -0.1) is 0 Å². The van der Waals surface area contributed by atoms with Gasteiger partial charge in [-0.3, -0.25) is 15.1 Å². The average molecular weight is 318 g/mol. The molecule has 0 heterocycles. The number of aryl methyl sites for hydroxylation is 1. The van der Waals surface area contributed by atoms with Crippen LogP contribution in [0.25, 0.3) is 0 Å². The van der Waals surface area contributed by atoms with Gasteiger partial charge in [-0.05, 0) is 41.9 Å². The van der Waals surface area contributed by atoms with Crippen LogP contribution in [0.3, 0.4) is 0 Å². The lowest BCUT2D eigenvalue weighted by molar-refractivity contribution is -0.398. The van der Waals surface area contributed by atoms with E-state index in [9.17, 15) is 15.2 Å². The third-order valence-electron chi connectivity index (χ3n) is 3.26. The SMILES string of the molecule is Cc1ccccc1CCN=Cc1cc(Cl)cc([N+](=O)[O-])c1[O-]. The molecule has 0 N–H and O–H groups in total. The minimum atomic E-state index is -0.737. The number of hydrogen-bond acceptors (Lipinski definition) is 4. The molecule has 0 aliphatic heterocycles. The Balaban J connectivity index is 2.11. The maximum Gasteiger partial charge on any atom is 0.263 e. The summed E-state index contributed by atoms with van der Waals surface area (Å²) in [4.78, 5) is 14.2. The van der Waals surface area contributed by atoms with Gasteiger partial charge in [-0.1, -0.05) is 35.9 Å². The number of benzene rings is 2. The van der Waals surface area contributed by atoms with Crippen molar-refractivity contribution in [3.8, 4) is 5.75 Å². The molecule has 0 aromatic heterocycles. The van der Waals surface area contributed by atoms with E-state index in [1.165, 1.54) is 23.4 Å². The molecule has 0 saturated heterocycles. The van der Waals surface area contributed by atoms with E-state index in [-0.39, 0.29) is 10.6 Å². The lowest BCUT2D eigenvalue weighted by Gasteiger charge is -2.10. The molecule has 0 unspecified atom stereocenters. The summed E-state index contributed by atoms with van der Waals surface area (Å²) in [7, 11) is 0. The van der Waals surface area contributed by atoms with E-state index in [4.69, 9.17) is 11.6 Å². The quantitative estimate of drug-likeness (QED) is 0.482. The van der Waals surface area contributed by atoms with E-state index in [2.05, 4.69) is 4.99 Å². The molecule has 5 nitrogen and oxygen atoms in total. The fraction of sp³-hybridized carbons (Fsp3) is 0.188. The summed E-state index contributed by atoms with van der Waals surface area (Å²) in [6.07, 6.45) is 2.08. The second-order valence-electron chi connectivity index (χ2n) is 4.81. The van der Waals surface area contributed by atoms with Gasteiger partial charge in [0.05, 0.1) is 4.92 Å². The summed E-state index contributed by atoms with van der Waals surface area (Å²) in [6.45, 7) is 2.51. The number of nitro groups is 1. The number of aliphatic imine (C=N–C) groups is 1. The van der Waals surface area contributed by atoms with Crippen LogP contribution in [0, 0.1) is 17.0 Å². The van der Waals surface area contributed by atoms with E-state index in [1.807, 2.05) is 31.2 Å². The van der Waals surface area contributed by atoms with E-state index in [0.717, 1.165) is 12.5 Å². The van der Waals surface area contributed by atoms with Crippen LogP contribution < -0.4 is 5.11 Å². The Morgan fingerprint density at radius 1 is 1.32 bits per heavy atom. The molecular weight excluding hydrogens is 304 g/mol. The van der Waals surface area contributed by atoms with Crippen LogP contribution in [0.1, 0.15) is 16.7 Å². The van der Waals surface area contributed by atoms with Crippen LogP contribution in [0.5, 0.6) is 5.75 Å². The fourth-order valence-electron chi connectivity index (χ4n) is 2.07. The molecule has 0 spiro atoms. The predicted molar refractivity (Wildman–Crippen MR) is 84.9 cm³/mol. The second kappa shape index (κ2) is 7.04. The van der Waals surface area contributed by atoms with Gasteiger partial charge in [0.25, 0.3) is 5.69 Å². The first-order chi connectivity index (χ1) is 10.5. The zero-order chi connectivity index (χ0) is 16.1. The number of halogens is 1. The third kappa shape index (κ3) is 3.83. The molecule has 0 radical (unpaired) electrons. The third-order valence-corrected chi connectivity index (χ3v) is 3.48. The summed E-state index contributed by atoms with van der Waals surface area (Å²) < 4.78 is 0. The molecule has 0 bridgehead atoms. The highest BCUT2D eigenvalue weighted by molar-refractivity contribution is 6.31. The first-order valence-corrected chi connectivity index (χ1v) is 7.06. The monoisotopic (exact) mass is 317 g/mol. The standard InChI is InChI=1S/C16H15ClN2O3/c1-11-4-2-3-5-12(11)6-7-18-10-13-8-14(17)9-15(16(13)20)19(21)22/h2-5,8-10,20H,6-7H2,1H3/p-1. The molecule has 0 aliphatic carbocycles. The molecular formula is C16H14ClN2O3-. The molecule has 2 rings (SSSR count). The van der Waals surface area contributed by atoms with Crippen molar-refractivity contribution in [1.82, 2.24) is 0 Å². The van der Waals surface area contributed by atoms with Crippen molar-refractivity contribution in [2.45, 2.75) is 13.3 Å². The minimum Gasteiger partial charge on any atom is -0.867 e. The first-order valence-electron chi connectivity index (χ1n) is 6.68. The average Bonchev–Trinajstić information content (AvgIpc) is 2.48. The summed E-state index contributed by atoms with van der Waals surface area (Å²) in [6, 6.07) is 10.4. The Hall–Kier alpha value is -2.40. The lowest BCUT2D eigenvalue weighted by Crippen LogP contribution is -2.02. The number of hydrogen-bond donors (Lipinski definition) is 0.